The SMILES string of the molecule is CN1C(=O)C(Cc2cccnc2)N(C(=O)CCC(=O)O)C1CCc1ccccc1. The zero-order chi connectivity index (χ0) is 20.8. The van der Waals surface area contributed by atoms with E-state index in [4.69, 9.17) is 5.11 Å². The van der Waals surface area contributed by atoms with Crippen LogP contribution in [0.5, 0.6) is 0 Å². The number of carboxylic acids is 1. The molecule has 7 nitrogen and oxygen atoms in total. The molecule has 2 aromatic rings. The fourth-order valence-corrected chi connectivity index (χ4v) is 3.78. The van der Waals surface area contributed by atoms with Gasteiger partial charge in [-0.05, 0) is 30.0 Å². The van der Waals surface area contributed by atoms with E-state index in [1.54, 1.807) is 35.3 Å². The molecule has 1 aromatic carbocycles. The number of amides is 2. The van der Waals surface area contributed by atoms with E-state index in [-0.39, 0.29) is 24.7 Å². The molecule has 0 aliphatic carbocycles. The Kier molecular flexibility index (Phi) is 6.59. The quantitative estimate of drug-likeness (QED) is 0.739. The summed E-state index contributed by atoms with van der Waals surface area (Å²) in [6.45, 7) is 0. The second kappa shape index (κ2) is 9.32. The number of benzene rings is 1. The van der Waals surface area contributed by atoms with Gasteiger partial charge in [0.1, 0.15) is 12.2 Å². The number of nitrogens with zero attached hydrogens (tertiary/aromatic N) is 3. The number of rotatable bonds is 8. The van der Waals surface area contributed by atoms with Gasteiger partial charge in [-0.25, -0.2) is 0 Å². The maximum absolute atomic E-state index is 13.0. The summed E-state index contributed by atoms with van der Waals surface area (Å²) in [7, 11) is 1.71. The van der Waals surface area contributed by atoms with E-state index in [9.17, 15) is 14.4 Å². The van der Waals surface area contributed by atoms with Gasteiger partial charge in [-0.3, -0.25) is 19.4 Å². The maximum Gasteiger partial charge on any atom is 0.303 e. The molecule has 3 rings (SSSR count). The number of likely N-dealkylation sites (N-methyl/N-ethyl adjacent to an activating group) is 1. The molecule has 2 unspecified atom stereocenters. The lowest BCUT2D eigenvalue weighted by atomic mass is 10.0. The van der Waals surface area contributed by atoms with Crippen LogP contribution in [0.15, 0.2) is 54.9 Å². The molecule has 29 heavy (non-hydrogen) atoms. The van der Waals surface area contributed by atoms with Crippen molar-refractivity contribution in [3.8, 4) is 0 Å². The molecule has 2 heterocycles. The number of pyridine rings is 1. The highest BCUT2D eigenvalue weighted by molar-refractivity contribution is 5.92. The molecular formula is C22H25N3O4. The zero-order valence-electron chi connectivity index (χ0n) is 16.4. The van der Waals surface area contributed by atoms with Gasteiger partial charge in [0.15, 0.2) is 0 Å². The Labute approximate surface area is 170 Å². The van der Waals surface area contributed by atoms with Crippen molar-refractivity contribution in [2.75, 3.05) is 7.05 Å². The number of hydrogen-bond donors (Lipinski definition) is 1. The number of aromatic nitrogens is 1. The van der Waals surface area contributed by atoms with Crippen LogP contribution in [0.4, 0.5) is 0 Å². The Hall–Kier alpha value is -3.22. The van der Waals surface area contributed by atoms with Gasteiger partial charge < -0.3 is 14.9 Å². The molecular weight excluding hydrogens is 370 g/mol. The Balaban J connectivity index is 1.82. The molecule has 1 fully saturated rings. The Morgan fingerprint density at radius 1 is 1.07 bits per heavy atom. The maximum atomic E-state index is 13.0. The van der Waals surface area contributed by atoms with Crippen molar-refractivity contribution < 1.29 is 19.5 Å². The van der Waals surface area contributed by atoms with Crippen LogP contribution in [0, 0.1) is 0 Å². The van der Waals surface area contributed by atoms with Crippen LogP contribution in [0.2, 0.25) is 0 Å². The average Bonchev–Trinajstić information content (AvgIpc) is 2.96. The first-order valence-electron chi connectivity index (χ1n) is 9.70. The van der Waals surface area contributed by atoms with Crippen LogP contribution in [0.3, 0.4) is 0 Å². The van der Waals surface area contributed by atoms with Gasteiger partial charge >= 0.3 is 5.97 Å². The van der Waals surface area contributed by atoms with E-state index in [0.717, 1.165) is 11.1 Å². The summed E-state index contributed by atoms with van der Waals surface area (Å²) in [5.41, 5.74) is 1.99. The average molecular weight is 395 g/mol. The van der Waals surface area contributed by atoms with Gasteiger partial charge in [-0.15, -0.1) is 0 Å². The lowest BCUT2D eigenvalue weighted by Crippen LogP contribution is -2.45. The minimum atomic E-state index is -1.03. The van der Waals surface area contributed by atoms with Crippen LogP contribution in [-0.4, -0.2) is 56.9 Å². The van der Waals surface area contributed by atoms with Crippen molar-refractivity contribution in [3.05, 3.63) is 66.0 Å². The van der Waals surface area contributed by atoms with E-state index in [0.29, 0.717) is 19.3 Å². The second-order valence-electron chi connectivity index (χ2n) is 7.23. The molecule has 7 heteroatoms. The van der Waals surface area contributed by atoms with Gasteiger partial charge in [0.2, 0.25) is 11.8 Å². The van der Waals surface area contributed by atoms with Crippen LogP contribution in [0.1, 0.15) is 30.4 Å². The van der Waals surface area contributed by atoms with Gasteiger partial charge in [0, 0.05) is 32.3 Å². The number of carbonyl (C=O) groups is 3. The highest BCUT2D eigenvalue weighted by Crippen LogP contribution is 2.28. The summed E-state index contributed by atoms with van der Waals surface area (Å²) in [6, 6.07) is 12.9. The molecule has 1 aromatic heterocycles. The van der Waals surface area contributed by atoms with Gasteiger partial charge in [-0.1, -0.05) is 36.4 Å². The van der Waals surface area contributed by atoms with Crippen molar-refractivity contribution in [1.82, 2.24) is 14.8 Å². The monoisotopic (exact) mass is 395 g/mol. The second-order valence-corrected chi connectivity index (χ2v) is 7.23. The topological polar surface area (TPSA) is 90.8 Å². The number of hydrogen-bond acceptors (Lipinski definition) is 4. The molecule has 0 saturated carbocycles. The summed E-state index contributed by atoms with van der Waals surface area (Å²) in [6.07, 6.45) is 4.23. The standard InChI is InChI=1S/C22H25N3O4/c1-24-19(10-9-16-6-3-2-4-7-16)25(20(26)11-12-21(27)28)18(22(24)29)14-17-8-5-13-23-15-17/h2-8,13,15,18-19H,9-12,14H2,1H3,(H,27,28). The first kappa shape index (κ1) is 20.5. The molecule has 0 radical (unpaired) electrons. The Bertz CT molecular complexity index is 857. The lowest BCUT2D eigenvalue weighted by Gasteiger charge is -2.30. The highest BCUT2D eigenvalue weighted by atomic mass is 16.4. The first-order chi connectivity index (χ1) is 14.0. The van der Waals surface area contributed by atoms with Crippen LogP contribution >= 0.6 is 0 Å². The van der Waals surface area contributed by atoms with E-state index in [1.165, 1.54) is 0 Å². The smallest absolute Gasteiger partial charge is 0.303 e. The van der Waals surface area contributed by atoms with E-state index >= 15 is 0 Å². The van der Waals surface area contributed by atoms with Crippen LogP contribution < -0.4 is 0 Å². The van der Waals surface area contributed by atoms with Crippen LogP contribution in [0.25, 0.3) is 0 Å². The molecule has 2 amide bonds. The number of carbonyl (C=O) groups excluding carboxylic acids is 2. The molecule has 1 aliphatic rings. The third kappa shape index (κ3) is 4.99. The molecule has 1 N–H and O–H groups in total. The summed E-state index contributed by atoms with van der Waals surface area (Å²) in [4.78, 5) is 44.2. The third-order valence-corrected chi connectivity index (χ3v) is 5.26. The summed E-state index contributed by atoms with van der Waals surface area (Å²) < 4.78 is 0. The molecule has 0 bridgehead atoms. The summed E-state index contributed by atoms with van der Waals surface area (Å²) in [5.74, 6) is -1.46. The van der Waals surface area contributed by atoms with E-state index < -0.39 is 18.2 Å². The van der Waals surface area contributed by atoms with Crippen molar-refractivity contribution >= 4 is 17.8 Å². The van der Waals surface area contributed by atoms with Gasteiger partial charge in [-0.2, -0.15) is 0 Å². The van der Waals surface area contributed by atoms with Crippen molar-refractivity contribution in [2.45, 2.75) is 44.3 Å². The largest absolute Gasteiger partial charge is 0.481 e. The predicted octanol–water partition coefficient (Wildman–Crippen LogP) is 2.12. The molecule has 152 valence electrons. The molecule has 0 spiro atoms. The Morgan fingerprint density at radius 2 is 1.79 bits per heavy atom. The van der Waals surface area contributed by atoms with Gasteiger partial charge in [0.05, 0.1) is 6.42 Å². The summed E-state index contributed by atoms with van der Waals surface area (Å²) >= 11 is 0. The number of aryl methyl sites for hydroxylation is 1. The van der Waals surface area contributed by atoms with Crippen molar-refractivity contribution in [1.29, 1.82) is 0 Å². The van der Waals surface area contributed by atoms with Crippen LogP contribution in [-0.2, 0) is 27.2 Å². The minimum absolute atomic E-state index is 0.123. The molecule has 2 atom stereocenters. The third-order valence-electron chi connectivity index (χ3n) is 5.26. The fourth-order valence-electron chi connectivity index (χ4n) is 3.78. The predicted molar refractivity (Wildman–Crippen MR) is 107 cm³/mol. The molecule has 1 aliphatic heterocycles. The number of carboxylic acid groups (broad SMARTS) is 1. The first-order valence-corrected chi connectivity index (χ1v) is 9.70. The van der Waals surface area contributed by atoms with E-state index in [1.807, 2.05) is 36.4 Å². The highest BCUT2D eigenvalue weighted by Gasteiger charge is 2.46. The zero-order valence-corrected chi connectivity index (χ0v) is 16.4. The normalized spacial score (nSPS) is 18.9. The fraction of sp³-hybridized carbons (Fsp3) is 0.364. The molecule has 1 saturated heterocycles. The van der Waals surface area contributed by atoms with Crippen molar-refractivity contribution in [2.24, 2.45) is 0 Å². The van der Waals surface area contributed by atoms with Crippen molar-refractivity contribution in [3.63, 3.8) is 0 Å². The summed E-state index contributed by atoms with van der Waals surface area (Å²) in [5, 5.41) is 8.97. The van der Waals surface area contributed by atoms with Gasteiger partial charge in [0.25, 0.3) is 0 Å². The lowest BCUT2D eigenvalue weighted by molar-refractivity contribution is -0.142. The minimum Gasteiger partial charge on any atom is -0.481 e. The Morgan fingerprint density at radius 3 is 2.45 bits per heavy atom. The van der Waals surface area contributed by atoms with E-state index in [2.05, 4.69) is 4.98 Å². The number of aliphatic carboxylic acids is 1.